The minimum absolute atomic E-state index is 0.223. The second-order valence-corrected chi connectivity index (χ2v) is 5.32. The molecule has 1 amide bonds. The molecule has 2 aromatic carbocycles. The van der Waals surface area contributed by atoms with Crippen molar-refractivity contribution in [2.45, 2.75) is 20.0 Å². The number of methoxy groups -OCH3 is 1. The maximum atomic E-state index is 12.2. The highest BCUT2D eigenvalue weighted by atomic mass is 35.5. The van der Waals surface area contributed by atoms with E-state index >= 15 is 0 Å². The highest BCUT2D eigenvalue weighted by Gasteiger charge is 2.16. The molecule has 1 atom stereocenters. The van der Waals surface area contributed by atoms with E-state index < -0.39 is 6.10 Å². The molecule has 1 N–H and O–H groups in total. The van der Waals surface area contributed by atoms with Crippen LogP contribution in [0.25, 0.3) is 0 Å². The van der Waals surface area contributed by atoms with Crippen molar-refractivity contribution in [2.24, 2.45) is 0 Å². The van der Waals surface area contributed by atoms with Gasteiger partial charge >= 0.3 is 0 Å². The summed E-state index contributed by atoms with van der Waals surface area (Å²) in [5.41, 5.74) is 1.57. The van der Waals surface area contributed by atoms with Crippen LogP contribution in [0.4, 0.5) is 5.69 Å². The molecule has 22 heavy (non-hydrogen) atoms. The van der Waals surface area contributed by atoms with Crippen LogP contribution in [-0.2, 0) is 4.79 Å². The fourth-order valence-corrected chi connectivity index (χ4v) is 2.13. The van der Waals surface area contributed by atoms with Crippen molar-refractivity contribution in [1.82, 2.24) is 0 Å². The van der Waals surface area contributed by atoms with Gasteiger partial charge in [-0.1, -0.05) is 11.6 Å². The van der Waals surface area contributed by atoms with Gasteiger partial charge in [-0.25, -0.2) is 0 Å². The van der Waals surface area contributed by atoms with Crippen LogP contribution in [0.15, 0.2) is 42.5 Å². The van der Waals surface area contributed by atoms with Gasteiger partial charge < -0.3 is 14.8 Å². The third-order valence-corrected chi connectivity index (χ3v) is 3.40. The van der Waals surface area contributed by atoms with Crippen LogP contribution in [0.5, 0.6) is 11.5 Å². The zero-order valence-corrected chi connectivity index (χ0v) is 13.5. The third kappa shape index (κ3) is 4.15. The van der Waals surface area contributed by atoms with E-state index in [0.29, 0.717) is 16.5 Å². The zero-order chi connectivity index (χ0) is 16.1. The number of carbonyl (C=O) groups excluding carboxylic acids is 1. The van der Waals surface area contributed by atoms with Crippen molar-refractivity contribution in [1.29, 1.82) is 0 Å². The predicted molar refractivity (Wildman–Crippen MR) is 87.9 cm³/mol. The van der Waals surface area contributed by atoms with E-state index in [9.17, 15) is 4.79 Å². The van der Waals surface area contributed by atoms with Crippen molar-refractivity contribution in [3.8, 4) is 11.5 Å². The quantitative estimate of drug-likeness (QED) is 0.904. The number of hydrogen-bond donors (Lipinski definition) is 1. The maximum absolute atomic E-state index is 12.2. The smallest absolute Gasteiger partial charge is 0.265 e. The minimum atomic E-state index is -0.623. The molecule has 0 unspecified atom stereocenters. The van der Waals surface area contributed by atoms with Gasteiger partial charge in [0, 0.05) is 10.7 Å². The summed E-state index contributed by atoms with van der Waals surface area (Å²) in [5, 5.41) is 3.44. The molecule has 0 heterocycles. The lowest BCUT2D eigenvalue weighted by molar-refractivity contribution is -0.122. The van der Waals surface area contributed by atoms with Gasteiger partial charge in [0.15, 0.2) is 6.10 Å². The number of benzene rings is 2. The summed E-state index contributed by atoms with van der Waals surface area (Å²) < 4.78 is 10.8. The first-order chi connectivity index (χ1) is 10.5. The van der Waals surface area contributed by atoms with Crippen LogP contribution in [0.3, 0.4) is 0 Å². The molecule has 0 saturated heterocycles. The predicted octanol–water partition coefficient (Wildman–Crippen LogP) is 4.06. The van der Waals surface area contributed by atoms with Crippen molar-refractivity contribution in [2.75, 3.05) is 12.4 Å². The molecule has 2 rings (SSSR count). The first-order valence-corrected chi connectivity index (χ1v) is 7.25. The Morgan fingerprint density at radius 1 is 1.18 bits per heavy atom. The lowest BCUT2D eigenvalue weighted by Crippen LogP contribution is -2.30. The molecule has 0 radical (unpaired) electrons. The SMILES string of the molecule is COc1ccc(NC(=O)[C@@H](C)Oc2ccc(Cl)cc2C)cc1. The lowest BCUT2D eigenvalue weighted by atomic mass is 10.2. The Morgan fingerprint density at radius 3 is 2.45 bits per heavy atom. The Bertz CT molecular complexity index is 655. The molecular weight excluding hydrogens is 302 g/mol. The Labute approximate surface area is 135 Å². The molecule has 0 saturated carbocycles. The van der Waals surface area contributed by atoms with E-state index in [0.717, 1.165) is 11.3 Å². The highest BCUT2D eigenvalue weighted by molar-refractivity contribution is 6.30. The molecule has 0 fully saturated rings. The third-order valence-electron chi connectivity index (χ3n) is 3.17. The minimum Gasteiger partial charge on any atom is -0.497 e. The van der Waals surface area contributed by atoms with Crippen molar-refractivity contribution in [3.63, 3.8) is 0 Å². The van der Waals surface area contributed by atoms with Crippen molar-refractivity contribution in [3.05, 3.63) is 53.1 Å². The summed E-state index contributed by atoms with van der Waals surface area (Å²) in [6.07, 6.45) is -0.623. The molecule has 0 aromatic heterocycles. The molecule has 0 aliphatic rings. The van der Waals surface area contributed by atoms with Gasteiger partial charge in [0.2, 0.25) is 0 Å². The number of amides is 1. The van der Waals surface area contributed by atoms with Crippen LogP contribution < -0.4 is 14.8 Å². The summed E-state index contributed by atoms with van der Waals surface area (Å²) in [6.45, 7) is 3.59. The Balaban J connectivity index is 1.99. The molecule has 0 aliphatic carbocycles. The highest BCUT2D eigenvalue weighted by Crippen LogP contribution is 2.23. The van der Waals surface area contributed by atoms with Gasteiger partial charge in [-0.15, -0.1) is 0 Å². The molecule has 0 spiro atoms. The average molecular weight is 320 g/mol. The van der Waals surface area contributed by atoms with Crippen LogP contribution >= 0.6 is 11.6 Å². The second kappa shape index (κ2) is 7.18. The maximum Gasteiger partial charge on any atom is 0.265 e. The zero-order valence-electron chi connectivity index (χ0n) is 12.7. The van der Waals surface area contributed by atoms with E-state index in [1.54, 1.807) is 56.5 Å². The number of halogens is 1. The van der Waals surface area contributed by atoms with Gasteiger partial charge in [-0.2, -0.15) is 0 Å². The van der Waals surface area contributed by atoms with Crippen LogP contribution in [0.2, 0.25) is 5.02 Å². The topological polar surface area (TPSA) is 47.6 Å². The van der Waals surface area contributed by atoms with E-state index in [2.05, 4.69) is 5.32 Å². The summed E-state index contributed by atoms with van der Waals surface area (Å²) in [4.78, 5) is 12.2. The summed E-state index contributed by atoms with van der Waals surface area (Å²) in [6, 6.07) is 12.4. The van der Waals surface area contributed by atoms with Crippen LogP contribution in [0.1, 0.15) is 12.5 Å². The van der Waals surface area contributed by atoms with Crippen LogP contribution in [-0.4, -0.2) is 19.1 Å². The van der Waals surface area contributed by atoms with Gasteiger partial charge in [0.05, 0.1) is 7.11 Å². The number of anilines is 1. The lowest BCUT2D eigenvalue weighted by Gasteiger charge is -2.16. The first-order valence-electron chi connectivity index (χ1n) is 6.87. The number of ether oxygens (including phenoxy) is 2. The monoisotopic (exact) mass is 319 g/mol. The molecule has 0 aliphatic heterocycles. The van der Waals surface area contributed by atoms with Gasteiger partial charge in [-0.3, -0.25) is 4.79 Å². The van der Waals surface area contributed by atoms with Gasteiger partial charge in [-0.05, 0) is 61.9 Å². The molecular formula is C17H18ClNO3. The Kier molecular flexibility index (Phi) is 5.28. The summed E-state index contributed by atoms with van der Waals surface area (Å²) >= 11 is 5.90. The van der Waals surface area contributed by atoms with Gasteiger partial charge in [0.25, 0.3) is 5.91 Å². The molecule has 2 aromatic rings. The molecule has 0 bridgehead atoms. The van der Waals surface area contributed by atoms with Crippen molar-refractivity contribution < 1.29 is 14.3 Å². The van der Waals surface area contributed by atoms with E-state index in [-0.39, 0.29) is 5.91 Å². The molecule has 116 valence electrons. The van der Waals surface area contributed by atoms with E-state index in [1.807, 2.05) is 6.92 Å². The van der Waals surface area contributed by atoms with Crippen molar-refractivity contribution >= 4 is 23.2 Å². The second-order valence-electron chi connectivity index (χ2n) is 4.89. The fraction of sp³-hybridized carbons (Fsp3) is 0.235. The first kappa shape index (κ1) is 16.2. The Morgan fingerprint density at radius 2 is 1.86 bits per heavy atom. The van der Waals surface area contributed by atoms with Crippen LogP contribution in [0, 0.1) is 6.92 Å². The largest absolute Gasteiger partial charge is 0.497 e. The Hall–Kier alpha value is -2.20. The molecule has 4 nitrogen and oxygen atoms in total. The average Bonchev–Trinajstić information content (AvgIpc) is 2.50. The molecule has 5 heteroatoms. The fourth-order valence-electron chi connectivity index (χ4n) is 1.91. The number of nitrogens with one attached hydrogen (secondary N) is 1. The summed E-state index contributed by atoms with van der Waals surface area (Å²) in [7, 11) is 1.60. The standard InChI is InChI=1S/C17H18ClNO3/c1-11-10-13(18)4-9-16(11)22-12(2)17(20)19-14-5-7-15(21-3)8-6-14/h4-10,12H,1-3H3,(H,19,20)/t12-/m1/s1. The number of aryl methyl sites for hydroxylation is 1. The number of rotatable bonds is 5. The summed E-state index contributed by atoms with van der Waals surface area (Å²) in [5.74, 6) is 1.15. The van der Waals surface area contributed by atoms with Gasteiger partial charge in [0.1, 0.15) is 11.5 Å². The van der Waals surface area contributed by atoms with E-state index in [4.69, 9.17) is 21.1 Å². The number of hydrogen-bond acceptors (Lipinski definition) is 3. The normalized spacial score (nSPS) is 11.6. The number of carbonyl (C=O) groups is 1. The van der Waals surface area contributed by atoms with E-state index in [1.165, 1.54) is 0 Å².